The van der Waals surface area contributed by atoms with Crippen LogP contribution in [-0.2, 0) is 13.0 Å². The third kappa shape index (κ3) is 2.68. The van der Waals surface area contributed by atoms with Crippen molar-refractivity contribution in [3.63, 3.8) is 0 Å². The highest BCUT2D eigenvalue weighted by molar-refractivity contribution is 5.98. The summed E-state index contributed by atoms with van der Waals surface area (Å²) in [7, 11) is 0. The molecule has 2 aromatic carbocycles. The summed E-state index contributed by atoms with van der Waals surface area (Å²) in [4.78, 5) is 11.9. The highest BCUT2D eigenvalue weighted by atomic mass is 16.5. The fourth-order valence-electron chi connectivity index (χ4n) is 2.44. The van der Waals surface area contributed by atoms with Gasteiger partial charge in [0, 0.05) is 12.0 Å². The van der Waals surface area contributed by atoms with Crippen LogP contribution in [0.4, 0.5) is 0 Å². The molecule has 0 aromatic heterocycles. The number of fused-ring (bicyclic) bond motifs is 1. The third-order valence-electron chi connectivity index (χ3n) is 3.48. The van der Waals surface area contributed by atoms with Gasteiger partial charge in [-0.25, -0.2) is 0 Å². The Morgan fingerprint density at radius 2 is 1.84 bits per heavy atom. The Hall–Kier alpha value is -2.09. The molecule has 2 heteroatoms. The van der Waals surface area contributed by atoms with Crippen molar-refractivity contribution in [3.05, 3.63) is 65.2 Å². The standard InChI is InChI=1S/C17H16O2/c18-17-8-4-7-14-9-10-15(11-16(14)17)19-12-13-5-2-1-3-6-13/h1-3,5-6,9-11H,4,7-8,12H2. The van der Waals surface area contributed by atoms with Crippen LogP contribution in [-0.4, -0.2) is 5.78 Å². The molecule has 0 atom stereocenters. The second-order valence-corrected chi connectivity index (χ2v) is 4.87. The van der Waals surface area contributed by atoms with Crippen molar-refractivity contribution in [2.45, 2.75) is 25.9 Å². The maximum Gasteiger partial charge on any atom is 0.163 e. The summed E-state index contributed by atoms with van der Waals surface area (Å²) in [6, 6.07) is 15.9. The van der Waals surface area contributed by atoms with E-state index in [9.17, 15) is 4.79 Å². The number of Topliss-reactive ketones (excluding diaryl/α,β-unsaturated/α-hetero) is 1. The lowest BCUT2D eigenvalue weighted by atomic mass is 9.90. The molecule has 0 heterocycles. The van der Waals surface area contributed by atoms with Crippen molar-refractivity contribution < 1.29 is 9.53 Å². The zero-order chi connectivity index (χ0) is 13.1. The van der Waals surface area contributed by atoms with Crippen LogP contribution in [0, 0.1) is 0 Å². The smallest absolute Gasteiger partial charge is 0.163 e. The first-order valence-electron chi connectivity index (χ1n) is 6.66. The topological polar surface area (TPSA) is 26.3 Å². The Morgan fingerprint density at radius 1 is 1.00 bits per heavy atom. The molecule has 0 saturated heterocycles. The number of ether oxygens (including phenoxy) is 1. The summed E-state index contributed by atoms with van der Waals surface area (Å²) in [6.07, 6.45) is 2.63. The van der Waals surface area contributed by atoms with Gasteiger partial charge >= 0.3 is 0 Å². The molecule has 1 aliphatic carbocycles. The molecule has 0 saturated carbocycles. The van der Waals surface area contributed by atoms with Gasteiger partial charge in [0.05, 0.1) is 0 Å². The van der Waals surface area contributed by atoms with Crippen LogP contribution in [0.15, 0.2) is 48.5 Å². The van der Waals surface area contributed by atoms with Gasteiger partial charge in [0.25, 0.3) is 0 Å². The summed E-state index contributed by atoms with van der Waals surface area (Å²) in [5.74, 6) is 1.02. The van der Waals surface area contributed by atoms with Crippen molar-refractivity contribution in [2.24, 2.45) is 0 Å². The van der Waals surface area contributed by atoms with Gasteiger partial charge in [0.2, 0.25) is 0 Å². The number of rotatable bonds is 3. The number of ketones is 1. The van der Waals surface area contributed by atoms with Crippen molar-refractivity contribution in [3.8, 4) is 5.75 Å². The largest absolute Gasteiger partial charge is 0.489 e. The molecule has 2 aromatic rings. The van der Waals surface area contributed by atoms with Crippen LogP contribution in [0.1, 0.15) is 34.3 Å². The molecule has 3 rings (SSSR count). The minimum absolute atomic E-state index is 0.242. The fourth-order valence-corrected chi connectivity index (χ4v) is 2.44. The predicted molar refractivity (Wildman–Crippen MR) is 74.5 cm³/mol. The molecule has 96 valence electrons. The van der Waals surface area contributed by atoms with Gasteiger partial charge in [0.15, 0.2) is 5.78 Å². The van der Waals surface area contributed by atoms with E-state index in [0.717, 1.165) is 35.3 Å². The van der Waals surface area contributed by atoms with Crippen LogP contribution in [0.5, 0.6) is 5.75 Å². The number of carbonyl (C=O) groups is 1. The number of benzene rings is 2. The van der Waals surface area contributed by atoms with E-state index >= 15 is 0 Å². The third-order valence-corrected chi connectivity index (χ3v) is 3.48. The zero-order valence-corrected chi connectivity index (χ0v) is 10.8. The van der Waals surface area contributed by atoms with Gasteiger partial charge in [-0.05, 0) is 36.1 Å². The Bertz CT molecular complexity index is 587. The van der Waals surface area contributed by atoms with Crippen LogP contribution >= 0.6 is 0 Å². The highest BCUT2D eigenvalue weighted by Crippen LogP contribution is 2.25. The number of hydrogen-bond donors (Lipinski definition) is 0. The average Bonchev–Trinajstić information content (AvgIpc) is 2.47. The lowest BCUT2D eigenvalue weighted by molar-refractivity contribution is 0.0972. The molecule has 0 bridgehead atoms. The summed E-state index contributed by atoms with van der Waals surface area (Å²) in [5, 5.41) is 0. The van der Waals surface area contributed by atoms with E-state index in [4.69, 9.17) is 4.74 Å². The molecule has 0 amide bonds. The normalized spacial score (nSPS) is 14.0. The van der Waals surface area contributed by atoms with Gasteiger partial charge in [-0.3, -0.25) is 4.79 Å². The molecule has 1 aliphatic rings. The monoisotopic (exact) mass is 252 g/mol. The minimum Gasteiger partial charge on any atom is -0.489 e. The molecule has 0 spiro atoms. The van der Waals surface area contributed by atoms with Gasteiger partial charge in [-0.15, -0.1) is 0 Å². The molecule has 19 heavy (non-hydrogen) atoms. The second-order valence-electron chi connectivity index (χ2n) is 4.87. The van der Waals surface area contributed by atoms with E-state index in [1.807, 2.05) is 48.5 Å². The molecule has 0 fully saturated rings. The van der Waals surface area contributed by atoms with E-state index < -0.39 is 0 Å². The summed E-state index contributed by atoms with van der Waals surface area (Å²) in [6.45, 7) is 0.536. The molecule has 0 N–H and O–H groups in total. The van der Waals surface area contributed by atoms with Crippen molar-refractivity contribution >= 4 is 5.78 Å². The first-order chi connectivity index (χ1) is 9.33. The van der Waals surface area contributed by atoms with Crippen LogP contribution in [0.3, 0.4) is 0 Å². The van der Waals surface area contributed by atoms with Crippen LogP contribution in [0.2, 0.25) is 0 Å². The molecular formula is C17H16O2. The SMILES string of the molecule is O=C1CCCc2ccc(OCc3ccccc3)cc21. The number of hydrogen-bond acceptors (Lipinski definition) is 2. The van der Waals surface area contributed by atoms with Crippen molar-refractivity contribution in [2.75, 3.05) is 0 Å². The summed E-state index contributed by atoms with van der Waals surface area (Å²) < 4.78 is 5.75. The predicted octanol–water partition coefficient (Wildman–Crippen LogP) is 3.78. The van der Waals surface area contributed by atoms with E-state index in [1.54, 1.807) is 0 Å². The first-order valence-corrected chi connectivity index (χ1v) is 6.66. The highest BCUT2D eigenvalue weighted by Gasteiger charge is 2.17. The summed E-state index contributed by atoms with van der Waals surface area (Å²) in [5.41, 5.74) is 3.13. The van der Waals surface area contributed by atoms with Gasteiger partial charge in [-0.1, -0.05) is 36.4 Å². The Labute approximate surface area is 113 Å². The zero-order valence-electron chi connectivity index (χ0n) is 10.8. The van der Waals surface area contributed by atoms with Crippen LogP contribution in [0.25, 0.3) is 0 Å². The van der Waals surface area contributed by atoms with Crippen LogP contribution < -0.4 is 4.74 Å². The first kappa shape index (κ1) is 12.0. The minimum atomic E-state index is 0.242. The van der Waals surface area contributed by atoms with Crippen molar-refractivity contribution in [1.82, 2.24) is 0 Å². The number of aryl methyl sites for hydroxylation is 1. The Morgan fingerprint density at radius 3 is 2.68 bits per heavy atom. The second kappa shape index (κ2) is 5.27. The van der Waals surface area contributed by atoms with Gasteiger partial charge in [-0.2, -0.15) is 0 Å². The van der Waals surface area contributed by atoms with E-state index in [-0.39, 0.29) is 5.78 Å². The molecule has 0 radical (unpaired) electrons. The fraction of sp³-hybridized carbons (Fsp3) is 0.235. The molecular weight excluding hydrogens is 236 g/mol. The number of carbonyl (C=O) groups excluding carboxylic acids is 1. The lowest BCUT2D eigenvalue weighted by Crippen LogP contribution is -2.10. The van der Waals surface area contributed by atoms with E-state index in [0.29, 0.717) is 13.0 Å². The summed E-state index contributed by atoms with van der Waals surface area (Å²) >= 11 is 0. The van der Waals surface area contributed by atoms with Gasteiger partial charge < -0.3 is 4.74 Å². The van der Waals surface area contributed by atoms with Crippen molar-refractivity contribution in [1.29, 1.82) is 0 Å². The van der Waals surface area contributed by atoms with E-state index in [1.165, 1.54) is 0 Å². The van der Waals surface area contributed by atoms with E-state index in [2.05, 4.69) is 0 Å². The lowest BCUT2D eigenvalue weighted by Gasteiger charge is -2.16. The molecule has 2 nitrogen and oxygen atoms in total. The maximum absolute atomic E-state index is 11.9. The Balaban J connectivity index is 1.75. The Kier molecular flexibility index (Phi) is 3.32. The molecule has 0 unspecified atom stereocenters. The molecule has 0 aliphatic heterocycles. The quantitative estimate of drug-likeness (QED) is 0.830. The maximum atomic E-state index is 11.9. The average molecular weight is 252 g/mol. The van der Waals surface area contributed by atoms with Gasteiger partial charge in [0.1, 0.15) is 12.4 Å².